The van der Waals surface area contributed by atoms with Gasteiger partial charge in [-0.15, -0.1) is 11.3 Å². The fraction of sp³-hybridized carbons (Fsp3) is 0.227. The van der Waals surface area contributed by atoms with Crippen molar-refractivity contribution in [3.8, 4) is 22.1 Å². The number of nitrogens with zero attached hydrogens (tertiary/aromatic N) is 2. The number of amides is 1. The number of nitrogens with one attached hydrogen (secondary N) is 2. The second-order valence-corrected chi connectivity index (χ2v) is 12.4. The van der Waals surface area contributed by atoms with Gasteiger partial charge in [0.1, 0.15) is 24.1 Å². The Labute approximate surface area is 188 Å². The molecule has 0 spiro atoms. The van der Waals surface area contributed by atoms with Crippen LogP contribution < -0.4 is 20.2 Å². The van der Waals surface area contributed by atoms with E-state index in [0.717, 1.165) is 5.56 Å². The summed E-state index contributed by atoms with van der Waals surface area (Å²) >= 11 is 1.35. The Morgan fingerprint density at radius 2 is 2.06 bits per heavy atom. The van der Waals surface area contributed by atoms with E-state index in [1.165, 1.54) is 23.0 Å². The number of hydrogen-bond acceptors (Lipinski definition) is 6. The number of aromatic nitrogens is 3. The summed E-state index contributed by atoms with van der Waals surface area (Å²) in [6.45, 7) is 5.30. The van der Waals surface area contributed by atoms with Crippen molar-refractivity contribution in [3.63, 3.8) is 0 Å². The molecule has 0 aromatic carbocycles. The first-order valence-electron chi connectivity index (χ1n) is 9.83. The number of ether oxygens (including phenoxy) is 1. The molecule has 0 fully saturated rings. The van der Waals surface area contributed by atoms with E-state index in [2.05, 4.69) is 15.3 Å². The second kappa shape index (κ2) is 8.07. The minimum atomic E-state index is -2.58. The molecule has 0 aliphatic carbocycles. The lowest BCUT2D eigenvalue weighted by molar-refractivity contribution is 0.0959. The lowest BCUT2D eigenvalue weighted by atomic mass is 10.1. The number of carbonyl (C=O) groups is 1. The molecule has 0 bridgehead atoms. The van der Waals surface area contributed by atoms with Gasteiger partial charge in [-0.1, -0.05) is 6.07 Å². The van der Waals surface area contributed by atoms with Crippen molar-refractivity contribution in [2.75, 3.05) is 20.4 Å². The highest BCUT2D eigenvalue weighted by molar-refractivity contribution is 7.75. The monoisotopic (exact) mass is 470 g/mol. The molecule has 0 aliphatic heterocycles. The van der Waals surface area contributed by atoms with E-state index in [1.807, 2.05) is 19.1 Å². The average Bonchev–Trinajstić information content (AvgIpc) is 3.37. The Bertz CT molecular complexity index is 1460. The molecule has 0 aliphatic rings. The van der Waals surface area contributed by atoms with Gasteiger partial charge < -0.3 is 24.2 Å². The maximum Gasteiger partial charge on any atom is 0.274 e. The minimum absolute atomic E-state index is 0.254. The standard InChI is InChI=1S/C22H23N4O4PS/c1-12-7-6-8-24-21(12)30-16-10-17(31(4,5)29)32-19(16)14-11-26(3)22(28)18-13(14)9-15(25-18)20(27)23-2/h6-11,25H,1-5H3,(H,23,27). The first-order valence-corrected chi connectivity index (χ1v) is 13.3. The number of pyridine rings is 2. The molecule has 8 nitrogen and oxygen atoms in total. The molecular weight excluding hydrogens is 447 g/mol. The van der Waals surface area contributed by atoms with Crippen LogP contribution in [-0.2, 0) is 11.6 Å². The number of aromatic amines is 1. The van der Waals surface area contributed by atoms with E-state index < -0.39 is 7.14 Å². The molecule has 0 unspecified atom stereocenters. The van der Waals surface area contributed by atoms with Crippen molar-refractivity contribution in [2.24, 2.45) is 7.05 Å². The first-order chi connectivity index (χ1) is 15.1. The highest BCUT2D eigenvalue weighted by atomic mass is 32.1. The smallest absolute Gasteiger partial charge is 0.274 e. The number of hydrogen-bond donors (Lipinski definition) is 2. The molecule has 0 radical (unpaired) electrons. The van der Waals surface area contributed by atoms with E-state index in [0.29, 0.717) is 37.6 Å². The van der Waals surface area contributed by atoms with Crippen molar-refractivity contribution < 1.29 is 14.1 Å². The van der Waals surface area contributed by atoms with Crippen molar-refractivity contribution in [1.82, 2.24) is 19.9 Å². The van der Waals surface area contributed by atoms with Crippen LogP contribution in [0.1, 0.15) is 16.1 Å². The highest BCUT2D eigenvalue weighted by Gasteiger charge is 2.24. The Morgan fingerprint density at radius 1 is 1.31 bits per heavy atom. The summed E-state index contributed by atoms with van der Waals surface area (Å²) in [5.74, 6) is 0.618. The van der Waals surface area contributed by atoms with Gasteiger partial charge in [-0.2, -0.15) is 0 Å². The molecule has 10 heteroatoms. The minimum Gasteiger partial charge on any atom is -0.437 e. The molecular formula is C22H23N4O4PS. The Morgan fingerprint density at radius 3 is 2.72 bits per heavy atom. The van der Waals surface area contributed by atoms with Crippen molar-refractivity contribution >= 4 is 39.9 Å². The third kappa shape index (κ3) is 3.89. The van der Waals surface area contributed by atoms with E-state index >= 15 is 0 Å². The van der Waals surface area contributed by atoms with Crippen molar-refractivity contribution in [3.05, 3.63) is 58.3 Å². The number of aryl methyl sites for hydroxylation is 2. The molecule has 4 aromatic heterocycles. The molecule has 4 aromatic rings. The molecule has 4 heterocycles. The number of fused-ring (bicyclic) bond motifs is 1. The second-order valence-electron chi connectivity index (χ2n) is 7.87. The van der Waals surface area contributed by atoms with Crippen LogP contribution in [0.4, 0.5) is 0 Å². The highest BCUT2D eigenvalue weighted by Crippen LogP contribution is 2.47. The zero-order chi connectivity index (χ0) is 23.2. The van der Waals surface area contributed by atoms with Crippen LogP contribution in [0, 0.1) is 6.92 Å². The molecule has 1 amide bonds. The zero-order valence-electron chi connectivity index (χ0n) is 18.3. The van der Waals surface area contributed by atoms with Gasteiger partial charge in [0.25, 0.3) is 11.5 Å². The zero-order valence-corrected chi connectivity index (χ0v) is 20.1. The SMILES string of the molecule is CNC(=O)c1cc2c(-c3sc(P(C)(C)=O)cc3Oc3ncccc3C)cn(C)c(=O)c2[nH]1. The van der Waals surface area contributed by atoms with E-state index in [9.17, 15) is 14.2 Å². The van der Waals surface area contributed by atoms with Crippen LogP contribution in [0.2, 0.25) is 0 Å². The van der Waals surface area contributed by atoms with E-state index in [1.54, 1.807) is 44.9 Å². The summed E-state index contributed by atoms with van der Waals surface area (Å²) < 4.78 is 21.2. The van der Waals surface area contributed by atoms with Crippen molar-refractivity contribution in [1.29, 1.82) is 0 Å². The first kappa shape index (κ1) is 22.0. The lowest BCUT2D eigenvalue weighted by Gasteiger charge is -2.10. The van der Waals surface area contributed by atoms with Gasteiger partial charge in [-0.25, -0.2) is 4.98 Å². The van der Waals surface area contributed by atoms with Crippen molar-refractivity contribution in [2.45, 2.75) is 6.92 Å². The summed E-state index contributed by atoms with van der Waals surface area (Å²) in [4.78, 5) is 32.9. The van der Waals surface area contributed by atoms with Crippen LogP contribution in [-0.4, -0.2) is 40.8 Å². The summed E-state index contributed by atoms with van der Waals surface area (Å²) in [7, 11) is 0.594. The normalized spacial score (nSPS) is 11.7. The fourth-order valence-electron chi connectivity index (χ4n) is 3.34. The lowest BCUT2D eigenvalue weighted by Crippen LogP contribution is -2.19. The molecule has 4 rings (SSSR count). The quantitative estimate of drug-likeness (QED) is 0.433. The van der Waals surface area contributed by atoms with E-state index in [4.69, 9.17) is 4.74 Å². The van der Waals surface area contributed by atoms with Crippen LogP contribution in [0.15, 0.2) is 41.5 Å². The van der Waals surface area contributed by atoms with Gasteiger partial charge in [0.2, 0.25) is 5.88 Å². The predicted octanol–water partition coefficient (Wildman–Crippen LogP) is 3.70. The van der Waals surface area contributed by atoms with E-state index in [-0.39, 0.29) is 17.2 Å². The summed E-state index contributed by atoms with van der Waals surface area (Å²) in [5, 5.41) is 3.15. The molecule has 0 saturated heterocycles. The van der Waals surface area contributed by atoms with Gasteiger partial charge in [0.05, 0.1) is 9.50 Å². The van der Waals surface area contributed by atoms with Gasteiger partial charge in [0.15, 0.2) is 0 Å². The third-order valence-corrected chi connectivity index (χ3v) is 8.80. The summed E-state index contributed by atoms with van der Waals surface area (Å²) in [6.07, 6.45) is 3.35. The van der Waals surface area contributed by atoms with Crippen LogP contribution in [0.3, 0.4) is 0 Å². The molecule has 2 N–H and O–H groups in total. The largest absolute Gasteiger partial charge is 0.437 e. The van der Waals surface area contributed by atoms with Crippen LogP contribution >= 0.6 is 18.5 Å². The Kier molecular flexibility index (Phi) is 5.56. The Hall–Kier alpha value is -3.16. The Balaban J connectivity index is 1.99. The van der Waals surface area contributed by atoms with Crippen LogP contribution in [0.5, 0.6) is 11.6 Å². The molecule has 0 saturated carbocycles. The number of H-pyrrole nitrogens is 1. The number of thiophene rings is 1. The summed E-state index contributed by atoms with van der Waals surface area (Å²) in [6, 6.07) is 7.15. The third-order valence-electron chi connectivity index (χ3n) is 5.06. The maximum atomic E-state index is 12.9. The fourth-order valence-corrected chi connectivity index (χ4v) is 5.78. The van der Waals surface area contributed by atoms with Gasteiger partial charge >= 0.3 is 0 Å². The van der Waals surface area contributed by atoms with Gasteiger partial charge in [-0.05, 0) is 32.4 Å². The molecule has 32 heavy (non-hydrogen) atoms. The predicted molar refractivity (Wildman–Crippen MR) is 128 cm³/mol. The van der Waals surface area contributed by atoms with Gasteiger partial charge in [0, 0.05) is 49.1 Å². The van der Waals surface area contributed by atoms with Gasteiger partial charge in [-0.3, -0.25) is 9.59 Å². The molecule has 166 valence electrons. The number of carbonyl (C=O) groups excluding carboxylic acids is 1. The topological polar surface area (TPSA) is 106 Å². The number of rotatable bonds is 5. The molecule has 0 atom stereocenters. The average molecular weight is 470 g/mol. The summed E-state index contributed by atoms with van der Waals surface area (Å²) in [5.41, 5.74) is 1.90. The maximum absolute atomic E-state index is 12.9. The van der Waals surface area contributed by atoms with Crippen LogP contribution in [0.25, 0.3) is 21.3 Å².